The van der Waals surface area contributed by atoms with Crippen molar-refractivity contribution in [1.82, 2.24) is 14.8 Å². The van der Waals surface area contributed by atoms with Gasteiger partial charge in [0.1, 0.15) is 23.3 Å². The van der Waals surface area contributed by atoms with Crippen molar-refractivity contribution in [2.24, 2.45) is 0 Å². The highest BCUT2D eigenvalue weighted by atomic mass is 16.4. The molecule has 102 valence electrons. The number of aromatic nitrogens is 3. The summed E-state index contributed by atoms with van der Waals surface area (Å²) in [4.78, 5) is 15.3. The number of hydrogen-bond acceptors (Lipinski definition) is 5. The van der Waals surface area contributed by atoms with Crippen LogP contribution >= 0.6 is 0 Å². The van der Waals surface area contributed by atoms with Crippen molar-refractivity contribution in [2.45, 2.75) is 13.0 Å². The summed E-state index contributed by atoms with van der Waals surface area (Å²) < 4.78 is 1.62. The lowest BCUT2D eigenvalue weighted by Crippen LogP contribution is -2.24. The van der Waals surface area contributed by atoms with Crippen molar-refractivity contribution < 1.29 is 15.0 Å². The highest BCUT2D eigenvalue weighted by Crippen LogP contribution is 2.29. The maximum absolute atomic E-state index is 11.2. The van der Waals surface area contributed by atoms with E-state index in [0.717, 1.165) is 5.56 Å². The van der Waals surface area contributed by atoms with E-state index in [1.807, 2.05) is 0 Å². The van der Waals surface area contributed by atoms with Crippen molar-refractivity contribution >= 4 is 11.9 Å². The van der Waals surface area contributed by atoms with Gasteiger partial charge in [-0.3, -0.25) is 0 Å². The number of phenols is 1. The lowest BCUT2D eigenvalue weighted by atomic mass is 10.0. The highest BCUT2D eigenvalue weighted by Gasteiger charge is 2.26. The van der Waals surface area contributed by atoms with Crippen LogP contribution in [-0.2, 0) is 4.79 Å². The number of aromatic hydroxyl groups is 1. The molecule has 2 aromatic rings. The Bertz CT molecular complexity index is 703. The van der Waals surface area contributed by atoms with Crippen molar-refractivity contribution in [2.75, 3.05) is 5.32 Å². The fourth-order valence-corrected chi connectivity index (χ4v) is 2.13. The number of carbonyl (C=O) groups is 1. The summed E-state index contributed by atoms with van der Waals surface area (Å²) in [6.45, 7) is 1.74. The van der Waals surface area contributed by atoms with Gasteiger partial charge in [0, 0.05) is 0 Å². The summed E-state index contributed by atoms with van der Waals surface area (Å²) in [7, 11) is 0. The molecule has 3 N–H and O–H groups in total. The van der Waals surface area contributed by atoms with Gasteiger partial charge in [-0.1, -0.05) is 12.1 Å². The number of carboxylic acids is 1. The zero-order valence-corrected chi connectivity index (χ0v) is 10.6. The maximum atomic E-state index is 11.2. The summed E-state index contributed by atoms with van der Waals surface area (Å²) in [5.74, 6) is 0.0394. The first-order valence-electron chi connectivity index (χ1n) is 5.99. The molecule has 0 saturated heterocycles. The van der Waals surface area contributed by atoms with Crippen LogP contribution in [0.2, 0.25) is 0 Å². The fourth-order valence-electron chi connectivity index (χ4n) is 2.13. The molecule has 20 heavy (non-hydrogen) atoms. The van der Waals surface area contributed by atoms with Crippen LogP contribution in [0.25, 0.3) is 0 Å². The lowest BCUT2D eigenvalue weighted by molar-refractivity contribution is -0.132. The number of hydrogen-bond donors (Lipinski definition) is 3. The van der Waals surface area contributed by atoms with Crippen LogP contribution in [-0.4, -0.2) is 30.9 Å². The molecular formula is C13H12N4O3. The third-order valence-electron chi connectivity index (χ3n) is 3.04. The molecule has 1 aliphatic heterocycles. The van der Waals surface area contributed by atoms with E-state index in [2.05, 4.69) is 15.4 Å². The molecule has 0 amide bonds. The molecule has 7 heteroatoms. The topological polar surface area (TPSA) is 100 Å². The van der Waals surface area contributed by atoms with E-state index in [4.69, 9.17) is 5.11 Å². The zero-order chi connectivity index (χ0) is 14.3. The van der Waals surface area contributed by atoms with E-state index in [9.17, 15) is 9.90 Å². The molecule has 0 spiro atoms. The summed E-state index contributed by atoms with van der Waals surface area (Å²) >= 11 is 0. The lowest BCUT2D eigenvalue weighted by Gasteiger charge is -2.22. The second kappa shape index (κ2) is 4.37. The van der Waals surface area contributed by atoms with Crippen LogP contribution in [0.15, 0.2) is 36.0 Å². The molecule has 1 unspecified atom stereocenters. The summed E-state index contributed by atoms with van der Waals surface area (Å²) in [6.07, 6.45) is 1.57. The Kier molecular flexibility index (Phi) is 2.67. The van der Waals surface area contributed by atoms with Crippen LogP contribution in [0.5, 0.6) is 5.75 Å². The van der Waals surface area contributed by atoms with Crippen LogP contribution in [0.3, 0.4) is 0 Å². The molecule has 2 heterocycles. The van der Waals surface area contributed by atoms with Crippen LogP contribution in [0, 0.1) is 6.92 Å². The van der Waals surface area contributed by atoms with E-state index < -0.39 is 5.97 Å². The smallest absolute Gasteiger partial charge is 0.352 e. The van der Waals surface area contributed by atoms with E-state index >= 15 is 0 Å². The van der Waals surface area contributed by atoms with Gasteiger partial charge in [-0.15, -0.1) is 0 Å². The Morgan fingerprint density at radius 1 is 1.35 bits per heavy atom. The molecule has 0 radical (unpaired) electrons. The van der Waals surface area contributed by atoms with Gasteiger partial charge >= 0.3 is 5.97 Å². The number of benzene rings is 1. The highest BCUT2D eigenvalue weighted by molar-refractivity contribution is 5.90. The average molecular weight is 272 g/mol. The molecule has 0 aliphatic carbocycles. The number of aliphatic carboxylic acids is 1. The van der Waals surface area contributed by atoms with Crippen LogP contribution < -0.4 is 5.32 Å². The number of phenolic OH excluding ortho intramolecular Hbond substituents is 1. The second-order valence-corrected chi connectivity index (χ2v) is 4.47. The first kappa shape index (κ1) is 12.2. The number of aryl methyl sites for hydroxylation is 1. The SMILES string of the molecule is Cc1nc2n(n1)C(c1ccc(O)cc1)C=C(C(=O)O)N2. The van der Waals surface area contributed by atoms with Crippen molar-refractivity contribution in [3.63, 3.8) is 0 Å². The van der Waals surface area contributed by atoms with E-state index in [1.165, 1.54) is 0 Å². The van der Waals surface area contributed by atoms with Gasteiger partial charge in [0.15, 0.2) is 0 Å². The molecule has 1 aromatic carbocycles. The molecule has 1 atom stereocenters. The zero-order valence-electron chi connectivity index (χ0n) is 10.6. The van der Waals surface area contributed by atoms with Gasteiger partial charge in [-0.25, -0.2) is 9.48 Å². The second-order valence-electron chi connectivity index (χ2n) is 4.47. The van der Waals surface area contributed by atoms with Crippen molar-refractivity contribution in [1.29, 1.82) is 0 Å². The Labute approximate surface area is 114 Å². The predicted octanol–water partition coefficient (Wildman–Crippen LogP) is 1.28. The van der Waals surface area contributed by atoms with E-state index in [1.54, 1.807) is 41.9 Å². The Balaban J connectivity index is 2.11. The molecule has 0 saturated carbocycles. The summed E-state index contributed by atoms with van der Waals surface area (Å²) in [5, 5.41) is 25.5. The molecular weight excluding hydrogens is 260 g/mol. The number of carboxylic acid groups (broad SMARTS) is 1. The normalized spacial score (nSPS) is 17.1. The number of anilines is 1. The third kappa shape index (κ3) is 1.99. The minimum Gasteiger partial charge on any atom is -0.508 e. The molecule has 3 rings (SSSR count). The van der Waals surface area contributed by atoms with Crippen LogP contribution in [0.4, 0.5) is 5.95 Å². The maximum Gasteiger partial charge on any atom is 0.352 e. The molecule has 1 aromatic heterocycles. The van der Waals surface area contributed by atoms with Gasteiger partial charge in [-0.05, 0) is 30.7 Å². The standard InChI is InChI=1S/C13H12N4O3/c1-7-14-13-15-10(12(19)20)6-11(17(13)16-7)8-2-4-9(18)5-3-8/h2-6,11,18H,1H3,(H,19,20)(H,14,15,16). The largest absolute Gasteiger partial charge is 0.508 e. The number of fused-ring (bicyclic) bond motifs is 1. The van der Waals surface area contributed by atoms with Gasteiger partial charge in [0.25, 0.3) is 0 Å². The molecule has 0 fully saturated rings. The van der Waals surface area contributed by atoms with Gasteiger partial charge in [0.2, 0.25) is 5.95 Å². The summed E-state index contributed by atoms with van der Waals surface area (Å²) in [5.41, 5.74) is 0.872. The van der Waals surface area contributed by atoms with E-state index in [0.29, 0.717) is 11.8 Å². The van der Waals surface area contributed by atoms with Gasteiger partial charge < -0.3 is 15.5 Å². The Morgan fingerprint density at radius 3 is 2.70 bits per heavy atom. The van der Waals surface area contributed by atoms with E-state index in [-0.39, 0.29) is 17.5 Å². The molecule has 0 bridgehead atoms. The van der Waals surface area contributed by atoms with Crippen molar-refractivity contribution in [3.8, 4) is 5.75 Å². The Hall–Kier alpha value is -2.83. The first-order valence-corrected chi connectivity index (χ1v) is 5.99. The monoisotopic (exact) mass is 272 g/mol. The molecule has 7 nitrogen and oxygen atoms in total. The minimum absolute atomic E-state index is 0.0583. The fraction of sp³-hybridized carbons (Fsp3) is 0.154. The Morgan fingerprint density at radius 2 is 2.05 bits per heavy atom. The number of nitrogens with one attached hydrogen (secondary N) is 1. The minimum atomic E-state index is -1.05. The predicted molar refractivity (Wildman–Crippen MR) is 70.3 cm³/mol. The number of allylic oxidation sites excluding steroid dienone is 1. The van der Waals surface area contributed by atoms with Crippen molar-refractivity contribution in [3.05, 3.63) is 47.4 Å². The first-order chi connectivity index (χ1) is 9.54. The number of nitrogens with zero attached hydrogens (tertiary/aromatic N) is 3. The van der Waals surface area contributed by atoms with Gasteiger partial charge in [0.05, 0.1) is 0 Å². The number of rotatable bonds is 2. The third-order valence-corrected chi connectivity index (χ3v) is 3.04. The average Bonchev–Trinajstić information content (AvgIpc) is 2.78. The summed E-state index contributed by atoms with van der Waals surface area (Å²) in [6, 6.07) is 6.17. The molecule has 1 aliphatic rings. The quantitative estimate of drug-likeness (QED) is 0.761. The van der Waals surface area contributed by atoms with Crippen LogP contribution in [0.1, 0.15) is 17.4 Å². The van der Waals surface area contributed by atoms with Gasteiger partial charge in [-0.2, -0.15) is 10.1 Å².